The molecule has 0 saturated heterocycles. The lowest BCUT2D eigenvalue weighted by molar-refractivity contribution is 0.0996. The molecule has 27 heavy (non-hydrogen) atoms. The Morgan fingerprint density at radius 2 is 2.04 bits per heavy atom. The first-order valence-electron chi connectivity index (χ1n) is 8.24. The molecule has 0 fully saturated rings. The van der Waals surface area contributed by atoms with E-state index in [0.29, 0.717) is 24.6 Å². The number of rotatable bonds is 3. The summed E-state index contributed by atoms with van der Waals surface area (Å²) in [5.74, 6) is -0.654. The van der Waals surface area contributed by atoms with E-state index in [4.69, 9.17) is 4.42 Å². The molecular formula is C18H15FN4O3S. The maximum Gasteiger partial charge on any atom is 0.322 e. The topological polar surface area (TPSA) is 87.5 Å². The fourth-order valence-corrected chi connectivity index (χ4v) is 3.76. The highest BCUT2D eigenvalue weighted by atomic mass is 32.1. The molecule has 0 spiro atoms. The maximum atomic E-state index is 13.7. The number of carbonyl (C=O) groups is 2. The number of aromatic nitrogens is 1. The van der Waals surface area contributed by atoms with E-state index in [2.05, 4.69) is 15.6 Å². The zero-order chi connectivity index (χ0) is 18.8. The first kappa shape index (κ1) is 17.2. The van der Waals surface area contributed by atoms with Crippen LogP contribution in [0.2, 0.25) is 0 Å². The normalized spacial score (nSPS) is 13.1. The van der Waals surface area contributed by atoms with Crippen LogP contribution in [0, 0.1) is 5.82 Å². The lowest BCUT2D eigenvalue weighted by Gasteiger charge is -2.26. The number of halogens is 1. The molecule has 0 radical (unpaired) electrons. The molecule has 9 heteroatoms. The van der Waals surface area contributed by atoms with Gasteiger partial charge in [-0.05, 0) is 24.3 Å². The summed E-state index contributed by atoms with van der Waals surface area (Å²) in [7, 11) is 0. The Labute approximate surface area is 157 Å². The number of amides is 3. The van der Waals surface area contributed by atoms with E-state index in [1.807, 2.05) is 0 Å². The number of nitrogens with zero attached hydrogens (tertiary/aromatic N) is 2. The van der Waals surface area contributed by atoms with Gasteiger partial charge in [0.1, 0.15) is 5.82 Å². The van der Waals surface area contributed by atoms with E-state index >= 15 is 0 Å². The molecule has 0 unspecified atom stereocenters. The van der Waals surface area contributed by atoms with Crippen LogP contribution in [0.5, 0.6) is 0 Å². The molecule has 2 aromatic heterocycles. The molecule has 1 aliphatic rings. The third-order valence-electron chi connectivity index (χ3n) is 4.10. The van der Waals surface area contributed by atoms with E-state index in [1.165, 1.54) is 29.7 Å². The van der Waals surface area contributed by atoms with Crippen LogP contribution in [0.1, 0.15) is 21.1 Å². The zero-order valence-corrected chi connectivity index (χ0v) is 14.9. The van der Waals surface area contributed by atoms with E-state index in [9.17, 15) is 14.0 Å². The van der Waals surface area contributed by atoms with Crippen LogP contribution >= 0.6 is 11.3 Å². The van der Waals surface area contributed by atoms with Crippen molar-refractivity contribution in [2.24, 2.45) is 0 Å². The average Bonchev–Trinajstić information content (AvgIpc) is 3.32. The number of para-hydroxylation sites is 1. The predicted octanol–water partition coefficient (Wildman–Crippen LogP) is 3.72. The molecule has 138 valence electrons. The molecule has 0 saturated carbocycles. The summed E-state index contributed by atoms with van der Waals surface area (Å²) in [6.45, 7) is 0.812. The van der Waals surface area contributed by atoms with Crippen LogP contribution in [0.15, 0.2) is 47.1 Å². The summed E-state index contributed by atoms with van der Waals surface area (Å²) < 4.78 is 18.8. The largest absolute Gasteiger partial charge is 0.459 e. The zero-order valence-electron chi connectivity index (χ0n) is 14.1. The average molecular weight is 386 g/mol. The molecule has 0 bridgehead atoms. The van der Waals surface area contributed by atoms with Crippen LogP contribution in [-0.2, 0) is 13.0 Å². The summed E-state index contributed by atoms with van der Waals surface area (Å²) in [6, 6.07) is 8.85. The molecule has 1 aromatic carbocycles. The quantitative estimate of drug-likeness (QED) is 0.718. The van der Waals surface area contributed by atoms with Crippen molar-refractivity contribution < 1.29 is 18.4 Å². The number of benzene rings is 1. The number of thiazole rings is 1. The smallest absolute Gasteiger partial charge is 0.322 e. The standard InChI is InChI=1S/C18H15FN4O3S/c19-11-4-1-2-5-12(11)21-18(25)23-8-7-13-15(10-23)27-17(20-13)22-16(24)14-6-3-9-26-14/h1-6,9H,7-8,10H2,(H,21,25)(H,20,22,24). The monoisotopic (exact) mass is 386 g/mol. The van der Waals surface area contributed by atoms with Gasteiger partial charge in [-0.15, -0.1) is 0 Å². The molecular weight excluding hydrogens is 371 g/mol. The minimum Gasteiger partial charge on any atom is -0.459 e. The molecule has 4 rings (SSSR count). The van der Waals surface area contributed by atoms with Crippen molar-refractivity contribution in [3.63, 3.8) is 0 Å². The summed E-state index contributed by atoms with van der Waals surface area (Å²) >= 11 is 1.31. The van der Waals surface area contributed by atoms with Gasteiger partial charge in [0.2, 0.25) is 0 Å². The van der Waals surface area contributed by atoms with Gasteiger partial charge in [0, 0.05) is 17.8 Å². The van der Waals surface area contributed by atoms with Crippen LogP contribution in [0.25, 0.3) is 0 Å². The highest BCUT2D eigenvalue weighted by molar-refractivity contribution is 7.15. The number of urea groups is 1. The van der Waals surface area contributed by atoms with Crippen LogP contribution in [-0.4, -0.2) is 28.4 Å². The first-order chi connectivity index (χ1) is 13.1. The lowest BCUT2D eigenvalue weighted by Crippen LogP contribution is -2.38. The van der Waals surface area contributed by atoms with Crippen molar-refractivity contribution in [1.82, 2.24) is 9.88 Å². The van der Waals surface area contributed by atoms with Gasteiger partial charge < -0.3 is 14.6 Å². The van der Waals surface area contributed by atoms with Crippen molar-refractivity contribution in [2.75, 3.05) is 17.2 Å². The summed E-state index contributed by atoms with van der Waals surface area (Å²) in [5, 5.41) is 5.74. The molecule has 3 amide bonds. The van der Waals surface area contributed by atoms with Crippen molar-refractivity contribution >= 4 is 34.1 Å². The molecule has 7 nitrogen and oxygen atoms in total. The number of anilines is 2. The first-order valence-corrected chi connectivity index (χ1v) is 9.05. The summed E-state index contributed by atoms with van der Waals surface area (Å²) in [6.07, 6.45) is 1.99. The number of carbonyl (C=O) groups excluding carboxylic acids is 2. The van der Waals surface area contributed by atoms with Gasteiger partial charge in [0.25, 0.3) is 5.91 Å². The molecule has 3 heterocycles. The van der Waals surface area contributed by atoms with Gasteiger partial charge in [-0.25, -0.2) is 14.2 Å². The third kappa shape index (κ3) is 3.68. The van der Waals surface area contributed by atoms with Gasteiger partial charge in [0.05, 0.1) is 24.2 Å². The molecule has 0 aliphatic carbocycles. The fraction of sp³-hybridized carbons (Fsp3) is 0.167. The second-order valence-corrected chi connectivity index (χ2v) is 6.99. The second kappa shape index (κ2) is 7.20. The Bertz CT molecular complexity index is 986. The van der Waals surface area contributed by atoms with E-state index in [1.54, 1.807) is 29.2 Å². The van der Waals surface area contributed by atoms with Gasteiger partial charge in [-0.3, -0.25) is 10.1 Å². The maximum absolute atomic E-state index is 13.7. The molecule has 1 aliphatic heterocycles. The molecule has 2 N–H and O–H groups in total. The van der Waals surface area contributed by atoms with E-state index in [-0.39, 0.29) is 23.4 Å². The van der Waals surface area contributed by atoms with Crippen molar-refractivity contribution in [3.05, 3.63) is 64.8 Å². The van der Waals surface area contributed by atoms with Crippen molar-refractivity contribution in [2.45, 2.75) is 13.0 Å². The number of hydrogen-bond donors (Lipinski definition) is 2. The van der Waals surface area contributed by atoms with Crippen molar-refractivity contribution in [1.29, 1.82) is 0 Å². The van der Waals surface area contributed by atoms with E-state index in [0.717, 1.165) is 10.6 Å². The van der Waals surface area contributed by atoms with E-state index < -0.39 is 5.82 Å². The Balaban J connectivity index is 1.42. The number of hydrogen-bond acceptors (Lipinski definition) is 5. The Morgan fingerprint density at radius 3 is 2.81 bits per heavy atom. The Hall–Kier alpha value is -3.20. The fourth-order valence-electron chi connectivity index (χ4n) is 2.75. The highest BCUT2D eigenvalue weighted by Crippen LogP contribution is 2.29. The van der Waals surface area contributed by atoms with Crippen LogP contribution < -0.4 is 10.6 Å². The van der Waals surface area contributed by atoms with Gasteiger partial charge in [0.15, 0.2) is 10.9 Å². The number of furan rings is 1. The summed E-state index contributed by atoms with van der Waals surface area (Å²) in [4.78, 5) is 31.4. The van der Waals surface area contributed by atoms with Crippen LogP contribution in [0.4, 0.5) is 20.0 Å². The Kier molecular flexibility index (Phi) is 4.59. The Morgan fingerprint density at radius 1 is 1.19 bits per heavy atom. The molecule has 3 aromatic rings. The highest BCUT2D eigenvalue weighted by Gasteiger charge is 2.25. The minimum atomic E-state index is -0.482. The van der Waals surface area contributed by atoms with Crippen LogP contribution in [0.3, 0.4) is 0 Å². The number of fused-ring (bicyclic) bond motifs is 1. The lowest BCUT2D eigenvalue weighted by atomic mass is 10.2. The van der Waals surface area contributed by atoms with Crippen molar-refractivity contribution in [3.8, 4) is 0 Å². The molecule has 0 atom stereocenters. The van der Waals surface area contributed by atoms with Gasteiger partial charge in [-0.1, -0.05) is 23.5 Å². The second-order valence-electron chi connectivity index (χ2n) is 5.90. The minimum absolute atomic E-state index is 0.143. The predicted molar refractivity (Wildman–Crippen MR) is 98.3 cm³/mol. The van der Waals surface area contributed by atoms with Gasteiger partial charge in [-0.2, -0.15) is 0 Å². The number of nitrogens with one attached hydrogen (secondary N) is 2. The van der Waals surface area contributed by atoms with Gasteiger partial charge >= 0.3 is 6.03 Å². The summed E-state index contributed by atoms with van der Waals surface area (Å²) in [5.41, 5.74) is 0.994. The SMILES string of the molecule is O=C(Nc1nc2c(s1)CN(C(=O)Nc1ccccc1F)CC2)c1ccco1. The third-order valence-corrected chi connectivity index (χ3v) is 5.10.